The lowest BCUT2D eigenvalue weighted by Crippen LogP contribution is -2.29. The van der Waals surface area contributed by atoms with Crippen molar-refractivity contribution < 1.29 is 4.74 Å². The van der Waals surface area contributed by atoms with Crippen LogP contribution in [0.15, 0.2) is 36.5 Å². The summed E-state index contributed by atoms with van der Waals surface area (Å²) in [4.78, 5) is 4.23. The number of hydrogen-bond donors (Lipinski definition) is 1. The number of rotatable bonds is 4. The molecule has 4 heteroatoms. The van der Waals surface area contributed by atoms with Gasteiger partial charge in [0.2, 0.25) is 0 Å². The van der Waals surface area contributed by atoms with E-state index >= 15 is 0 Å². The largest absolute Gasteiger partial charge is 0.491 e. The lowest BCUT2D eigenvalue weighted by Gasteiger charge is -2.10. The first-order valence-electron chi connectivity index (χ1n) is 5.38. The lowest BCUT2D eigenvalue weighted by molar-refractivity contribution is 0.295. The van der Waals surface area contributed by atoms with Crippen LogP contribution in [0.3, 0.4) is 0 Å². The van der Waals surface area contributed by atoms with E-state index in [0.29, 0.717) is 6.61 Å². The smallest absolute Gasteiger partial charge is 0.129 e. The zero-order valence-corrected chi connectivity index (χ0v) is 9.55. The second-order valence-electron chi connectivity index (χ2n) is 3.64. The number of ether oxygens (including phenoxy) is 1. The van der Waals surface area contributed by atoms with Crippen molar-refractivity contribution in [3.05, 3.63) is 36.5 Å². The molecule has 1 unspecified atom stereocenters. The van der Waals surface area contributed by atoms with E-state index < -0.39 is 0 Å². The molecule has 1 aromatic heterocycles. The third-order valence-electron chi connectivity index (χ3n) is 2.50. The Hall–Kier alpha value is -2.12. The van der Waals surface area contributed by atoms with Crippen molar-refractivity contribution >= 4 is 10.9 Å². The molecule has 4 nitrogen and oxygen atoms in total. The van der Waals surface area contributed by atoms with Crippen LogP contribution < -0.4 is 10.1 Å². The number of nitrogens with zero attached hydrogens (tertiary/aromatic N) is 2. The lowest BCUT2D eigenvalue weighted by atomic mass is 10.2. The molecule has 0 saturated carbocycles. The fourth-order valence-electron chi connectivity index (χ4n) is 1.51. The van der Waals surface area contributed by atoms with Crippen LogP contribution in [0.2, 0.25) is 0 Å². The van der Waals surface area contributed by atoms with Crippen LogP contribution in [0.25, 0.3) is 10.9 Å². The molecule has 0 spiro atoms. The summed E-state index contributed by atoms with van der Waals surface area (Å²) in [5, 5.41) is 12.7. The highest BCUT2D eigenvalue weighted by Gasteiger charge is 2.05. The van der Waals surface area contributed by atoms with Gasteiger partial charge in [0.25, 0.3) is 0 Å². The molecule has 2 aromatic rings. The van der Waals surface area contributed by atoms with Crippen LogP contribution in [0.4, 0.5) is 0 Å². The van der Waals surface area contributed by atoms with Gasteiger partial charge in [0, 0.05) is 11.6 Å². The van der Waals surface area contributed by atoms with Gasteiger partial charge in [-0.05, 0) is 31.3 Å². The summed E-state index contributed by atoms with van der Waals surface area (Å²) < 4.78 is 5.55. The Balaban J connectivity index is 2.12. The molecule has 0 amide bonds. The molecule has 1 atom stereocenters. The fraction of sp³-hybridized carbons (Fsp3) is 0.231. The van der Waals surface area contributed by atoms with Gasteiger partial charge in [-0.25, -0.2) is 0 Å². The van der Waals surface area contributed by atoms with Crippen molar-refractivity contribution in [3.63, 3.8) is 0 Å². The summed E-state index contributed by atoms with van der Waals surface area (Å²) in [7, 11) is 1.74. The average Bonchev–Trinajstić information content (AvgIpc) is 2.40. The van der Waals surface area contributed by atoms with Gasteiger partial charge in [-0.2, -0.15) is 5.26 Å². The monoisotopic (exact) mass is 227 g/mol. The van der Waals surface area contributed by atoms with Crippen molar-refractivity contribution in [2.24, 2.45) is 0 Å². The molecule has 0 saturated heterocycles. The van der Waals surface area contributed by atoms with Crippen molar-refractivity contribution in [2.45, 2.75) is 6.04 Å². The quantitative estimate of drug-likeness (QED) is 0.864. The normalized spacial score (nSPS) is 12.0. The molecule has 0 aliphatic rings. The maximum Gasteiger partial charge on any atom is 0.129 e. The number of pyridine rings is 1. The van der Waals surface area contributed by atoms with Crippen LogP contribution in [0, 0.1) is 11.3 Å². The number of nitrogens with one attached hydrogen (secondary N) is 1. The Morgan fingerprint density at radius 1 is 1.47 bits per heavy atom. The van der Waals surface area contributed by atoms with E-state index in [1.54, 1.807) is 13.2 Å². The minimum absolute atomic E-state index is 0.292. The van der Waals surface area contributed by atoms with E-state index in [4.69, 9.17) is 10.00 Å². The zero-order valence-electron chi connectivity index (χ0n) is 9.55. The van der Waals surface area contributed by atoms with Gasteiger partial charge in [-0.3, -0.25) is 4.98 Å². The summed E-state index contributed by atoms with van der Waals surface area (Å²) >= 11 is 0. The van der Waals surface area contributed by atoms with E-state index in [9.17, 15) is 0 Å². The molecule has 0 aliphatic carbocycles. The Kier molecular flexibility index (Phi) is 3.53. The molecule has 1 N–H and O–H groups in total. The summed E-state index contributed by atoms with van der Waals surface area (Å²) in [6, 6.07) is 11.4. The SMILES string of the molecule is CNC(C#N)COc1ccc2ncccc2c1. The van der Waals surface area contributed by atoms with Gasteiger partial charge in [0.15, 0.2) is 0 Å². The first kappa shape index (κ1) is 11.4. The Labute approximate surface area is 99.8 Å². The third kappa shape index (κ3) is 2.71. The highest BCUT2D eigenvalue weighted by Crippen LogP contribution is 2.18. The van der Waals surface area contributed by atoms with E-state index in [0.717, 1.165) is 16.7 Å². The topological polar surface area (TPSA) is 57.9 Å². The minimum Gasteiger partial charge on any atom is -0.491 e. The molecule has 17 heavy (non-hydrogen) atoms. The zero-order chi connectivity index (χ0) is 12.1. The molecular formula is C13H13N3O. The second kappa shape index (κ2) is 5.28. The number of fused-ring (bicyclic) bond motifs is 1. The van der Waals surface area contributed by atoms with Gasteiger partial charge in [-0.15, -0.1) is 0 Å². The summed E-state index contributed by atoms with van der Waals surface area (Å²) in [5.74, 6) is 0.751. The van der Waals surface area contributed by atoms with Gasteiger partial charge in [0.05, 0.1) is 11.6 Å². The fourth-order valence-corrected chi connectivity index (χ4v) is 1.51. The summed E-state index contributed by atoms with van der Waals surface area (Å²) in [6.45, 7) is 0.332. The molecule has 1 aromatic carbocycles. The molecule has 0 fully saturated rings. The van der Waals surface area contributed by atoms with Gasteiger partial charge < -0.3 is 10.1 Å². The Bertz CT molecular complexity index is 548. The molecule has 0 radical (unpaired) electrons. The van der Waals surface area contributed by atoms with Crippen LogP contribution in [-0.4, -0.2) is 24.7 Å². The van der Waals surface area contributed by atoms with E-state index in [2.05, 4.69) is 16.4 Å². The Morgan fingerprint density at radius 3 is 3.12 bits per heavy atom. The van der Waals surface area contributed by atoms with Crippen molar-refractivity contribution in [3.8, 4) is 11.8 Å². The number of likely N-dealkylation sites (N-methyl/N-ethyl adjacent to an activating group) is 1. The summed E-state index contributed by atoms with van der Waals surface area (Å²) in [5.41, 5.74) is 0.935. The number of nitriles is 1. The summed E-state index contributed by atoms with van der Waals surface area (Å²) in [6.07, 6.45) is 1.76. The van der Waals surface area contributed by atoms with Gasteiger partial charge in [-0.1, -0.05) is 6.07 Å². The van der Waals surface area contributed by atoms with Crippen LogP contribution in [0.1, 0.15) is 0 Å². The number of aromatic nitrogens is 1. The van der Waals surface area contributed by atoms with Crippen LogP contribution in [0.5, 0.6) is 5.75 Å². The third-order valence-corrected chi connectivity index (χ3v) is 2.50. The number of benzene rings is 1. The van der Waals surface area contributed by atoms with Crippen LogP contribution >= 0.6 is 0 Å². The molecule has 0 aliphatic heterocycles. The first-order chi connectivity index (χ1) is 8.33. The second-order valence-corrected chi connectivity index (χ2v) is 3.64. The molecule has 0 bridgehead atoms. The molecule has 86 valence electrons. The van der Waals surface area contributed by atoms with E-state index in [1.807, 2.05) is 30.3 Å². The standard InChI is InChI=1S/C13H13N3O/c1-15-11(8-14)9-17-12-4-5-13-10(7-12)3-2-6-16-13/h2-7,11,15H,9H2,1H3. The predicted molar refractivity (Wildman–Crippen MR) is 65.7 cm³/mol. The van der Waals surface area contributed by atoms with Gasteiger partial charge >= 0.3 is 0 Å². The Morgan fingerprint density at radius 2 is 2.35 bits per heavy atom. The van der Waals surface area contributed by atoms with Crippen molar-refractivity contribution in [2.75, 3.05) is 13.7 Å². The van der Waals surface area contributed by atoms with Crippen molar-refractivity contribution in [1.29, 1.82) is 5.26 Å². The van der Waals surface area contributed by atoms with Crippen molar-refractivity contribution in [1.82, 2.24) is 10.3 Å². The molecular weight excluding hydrogens is 214 g/mol. The van der Waals surface area contributed by atoms with E-state index in [-0.39, 0.29) is 6.04 Å². The maximum atomic E-state index is 8.77. The van der Waals surface area contributed by atoms with Crippen LogP contribution in [-0.2, 0) is 0 Å². The predicted octanol–water partition coefficient (Wildman–Crippen LogP) is 1.73. The molecule has 1 heterocycles. The number of hydrogen-bond acceptors (Lipinski definition) is 4. The maximum absolute atomic E-state index is 8.77. The highest BCUT2D eigenvalue weighted by molar-refractivity contribution is 5.79. The average molecular weight is 227 g/mol. The van der Waals surface area contributed by atoms with Gasteiger partial charge in [0.1, 0.15) is 18.4 Å². The first-order valence-corrected chi connectivity index (χ1v) is 5.38. The minimum atomic E-state index is -0.292. The molecule has 2 rings (SSSR count). The highest BCUT2D eigenvalue weighted by atomic mass is 16.5. The van der Waals surface area contributed by atoms with E-state index in [1.165, 1.54) is 0 Å².